The first kappa shape index (κ1) is 20.4. The van der Waals surface area contributed by atoms with Gasteiger partial charge in [0.2, 0.25) is 0 Å². The first-order valence-corrected chi connectivity index (χ1v) is 12.1. The number of fused-ring (bicyclic) bond motifs is 1. The Bertz CT molecular complexity index is 899. The van der Waals surface area contributed by atoms with E-state index in [-0.39, 0.29) is 16.9 Å². The Morgan fingerprint density at radius 2 is 1.83 bits per heavy atom. The zero-order chi connectivity index (χ0) is 21.0. The van der Waals surface area contributed by atoms with Crippen LogP contribution in [0, 0.1) is 5.41 Å². The largest absolute Gasteiger partial charge is 0.529 e. The van der Waals surface area contributed by atoms with Gasteiger partial charge in [-0.15, -0.1) is 0 Å². The maximum Gasteiger partial charge on any atom is 0.529 e. The summed E-state index contributed by atoms with van der Waals surface area (Å²) in [6.07, 6.45) is 6.75. The monoisotopic (exact) mass is 435 g/mol. The molecule has 1 aromatic carbocycles. The van der Waals surface area contributed by atoms with Crippen molar-refractivity contribution in [3.63, 3.8) is 0 Å². The molecule has 5 rings (SSSR count). The van der Waals surface area contributed by atoms with Crippen molar-refractivity contribution in [2.45, 2.75) is 43.6 Å². The highest BCUT2D eigenvalue weighted by Crippen LogP contribution is 2.63. The maximum atomic E-state index is 12.9. The molecule has 1 saturated carbocycles. The summed E-state index contributed by atoms with van der Waals surface area (Å²) in [5.74, 6) is 2.18. The first-order chi connectivity index (χ1) is 14.4. The molecule has 0 bridgehead atoms. The van der Waals surface area contributed by atoms with Crippen molar-refractivity contribution < 1.29 is 27.6 Å². The van der Waals surface area contributed by atoms with Crippen LogP contribution in [0.25, 0.3) is 0 Å². The number of phosphoric ester groups is 1. The Hall–Kier alpha value is -1.53. The van der Waals surface area contributed by atoms with Crippen LogP contribution in [0.1, 0.15) is 37.7 Å². The van der Waals surface area contributed by atoms with Crippen molar-refractivity contribution in [2.24, 2.45) is 5.41 Å². The van der Waals surface area contributed by atoms with E-state index in [1.807, 2.05) is 6.07 Å². The predicted octanol–water partition coefficient (Wildman–Crippen LogP) is 4.28. The van der Waals surface area contributed by atoms with E-state index in [9.17, 15) is 4.57 Å². The highest BCUT2D eigenvalue weighted by molar-refractivity contribution is 7.48. The zero-order valence-corrected chi connectivity index (χ0v) is 18.8. The van der Waals surface area contributed by atoms with Gasteiger partial charge in [-0.1, -0.05) is 6.07 Å². The van der Waals surface area contributed by atoms with Gasteiger partial charge < -0.3 is 18.9 Å². The normalized spacial score (nSPS) is 31.7. The van der Waals surface area contributed by atoms with Crippen LogP contribution in [0.4, 0.5) is 0 Å². The lowest BCUT2D eigenvalue weighted by molar-refractivity contribution is 0.0363. The zero-order valence-electron chi connectivity index (χ0n) is 17.9. The molecule has 8 heteroatoms. The van der Waals surface area contributed by atoms with E-state index in [0.29, 0.717) is 25.4 Å². The Morgan fingerprint density at radius 1 is 1.10 bits per heavy atom. The van der Waals surface area contributed by atoms with E-state index in [2.05, 4.69) is 30.2 Å². The Labute approximate surface area is 177 Å². The summed E-state index contributed by atoms with van der Waals surface area (Å²) in [5.41, 5.74) is 1.28. The molecule has 7 nitrogen and oxygen atoms in total. The SMILES string of the molecule is COc1ccc(C23CC=C(OP4(=O)OCC5(CC5)CO4)CC2N(C)CC3)cc1OC. The maximum absolute atomic E-state index is 12.9. The smallest absolute Gasteiger partial charge is 0.493 e. The van der Waals surface area contributed by atoms with Gasteiger partial charge in [0.25, 0.3) is 0 Å². The quantitative estimate of drug-likeness (QED) is 0.640. The molecule has 0 N–H and O–H groups in total. The highest BCUT2D eigenvalue weighted by atomic mass is 31.2. The van der Waals surface area contributed by atoms with Gasteiger partial charge in [0, 0.05) is 23.3 Å². The van der Waals surface area contributed by atoms with E-state index in [4.69, 9.17) is 23.0 Å². The number of benzene rings is 1. The molecule has 4 aliphatic rings. The van der Waals surface area contributed by atoms with Crippen molar-refractivity contribution in [1.29, 1.82) is 0 Å². The van der Waals surface area contributed by atoms with Gasteiger partial charge in [-0.2, -0.15) is 0 Å². The fraction of sp³-hybridized carbons (Fsp3) is 0.636. The van der Waals surface area contributed by atoms with Crippen molar-refractivity contribution in [3.05, 3.63) is 35.6 Å². The molecule has 2 saturated heterocycles. The molecular weight excluding hydrogens is 405 g/mol. The summed E-state index contributed by atoms with van der Waals surface area (Å²) in [5, 5.41) is 0. The van der Waals surface area contributed by atoms with Gasteiger partial charge in [-0.05, 0) is 63.0 Å². The molecule has 30 heavy (non-hydrogen) atoms. The third kappa shape index (κ3) is 3.36. The first-order valence-electron chi connectivity index (χ1n) is 10.6. The number of hydrogen-bond acceptors (Lipinski definition) is 7. The van der Waals surface area contributed by atoms with Crippen LogP contribution in [0.5, 0.6) is 11.5 Å². The topological polar surface area (TPSA) is 66.5 Å². The number of likely N-dealkylation sites (tertiary alicyclic amines) is 1. The second-order valence-electron chi connectivity index (χ2n) is 9.14. The number of likely N-dealkylation sites (N-methyl/N-ethyl adjacent to an activating group) is 1. The predicted molar refractivity (Wildman–Crippen MR) is 112 cm³/mol. The molecule has 0 amide bonds. The number of phosphoric acid groups is 1. The summed E-state index contributed by atoms with van der Waals surface area (Å²) in [6, 6.07) is 6.44. The Kier molecular flexibility index (Phi) is 4.93. The minimum atomic E-state index is -3.52. The molecule has 2 atom stereocenters. The highest BCUT2D eigenvalue weighted by Gasteiger charge is 2.53. The number of ether oxygens (including phenoxy) is 2. The molecule has 1 aromatic rings. The van der Waals surface area contributed by atoms with Gasteiger partial charge in [0.05, 0.1) is 27.4 Å². The molecule has 0 aromatic heterocycles. The van der Waals surface area contributed by atoms with Crippen molar-refractivity contribution in [2.75, 3.05) is 41.0 Å². The molecule has 0 radical (unpaired) electrons. The van der Waals surface area contributed by atoms with Gasteiger partial charge >= 0.3 is 7.82 Å². The van der Waals surface area contributed by atoms with Crippen molar-refractivity contribution in [3.8, 4) is 11.5 Å². The van der Waals surface area contributed by atoms with Crippen LogP contribution >= 0.6 is 7.82 Å². The molecule has 1 spiro atoms. The molecular formula is C22H30NO6P. The molecule has 2 aliphatic heterocycles. The van der Waals surface area contributed by atoms with Gasteiger partial charge in [0.15, 0.2) is 11.5 Å². The standard InChI is InChI=1S/C22H30NO6P/c1-23-11-10-22(16-4-5-18(25-2)19(12-16)26-3)7-6-17(13-20(22)23)29-30(24)27-14-21(8-9-21)15-28-30/h4-6,12,20H,7-11,13-15H2,1-3H3. The molecule has 2 unspecified atom stereocenters. The van der Waals surface area contributed by atoms with Crippen LogP contribution in [0.2, 0.25) is 0 Å². The van der Waals surface area contributed by atoms with Gasteiger partial charge in [0.1, 0.15) is 5.76 Å². The molecule has 3 fully saturated rings. The van der Waals surface area contributed by atoms with Crippen molar-refractivity contribution in [1.82, 2.24) is 4.90 Å². The number of rotatable bonds is 5. The van der Waals surface area contributed by atoms with Crippen LogP contribution in [0.3, 0.4) is 0 Å². The van der Waals surface area contributed by atoms with Crippen LogP contribution in [-0.4, -0.2) is 52.0 Å². The average Bonchev–Trinajstić information content (AvgIpc) is 3.46. The Morgan fingerprint density at radius 3 is 2.50 bits per heavy atom. The minimum absolute atomic E-state index is 0.0397. The fourth-order valence-corrected chi connectivity index (χ4v) is 6.61. The average molecular weight is 435 g/mol. The van der Waals surface area contributed by atoms with E-state index < -0.39 is 7.82 Å². The lowest BCUT2D eigenvalue weighted by Crippen LogP contribution is -2.43. The Balaban J connectivity index is 1.38. The number of nitrogens with zero attached hydrogens (tertiary/aromatic N) is 1. The van der Waals surface area contributed by atoms with E-state index in [0.717, 1.165) is 43.7 Å². The summed E-state index contributed by atoms with van der Waals surface area (Å²) in [7, 11) is 1.94. The second-order valence-corrected chi connectivity index (χ2v) is 10.7. The van der Waals surface area contributed by atoms with Crippen molar-refractivity contribution >= 4 is 7.82 Å². The molecule has 164 valence electrons. The summed E-state index contributed by atoms with van der Waals surface area (Å²) in [4.78, 5) is 2.37. The number of allylic oxidation sites excluding steroid dienone is 1. The number of hydrogen-bond donors (Lipinski definition) is 0. The lowest BCUT2D eigenvalue weighted by Gasteiger charge is -2.41. The fourth-order valence-electron chi connectivity index (χ4n) is 5.13. The van der Waals surface area contributed by atoms with Crippen LogP contribution in [-0.2, 0) is 23.6 Å². The van der Waals surface area contributed by atoms with E-state index in [1.165, 1.54) is 5.56 Å². The number of methoxy groups -OCH3 is 2. The second kappa shape index (κ2) is 7.27. The molecule has 2 heterocycles. The minimum Gasteiger partial charge on any atom is -0.493 e. The lowest BCUT2D eigenvalue weighted by atomic mass is 9.68. The van der Waals surface area contributed by atoms with Gasteiger partial charge in [-0.3, -0.25) is 9.05 Å². The van der Waals surface area contributed by atoms with Crippen LogP contribution in [0.15, 0.2) is 30.0 Å². The van der Waals surface area contributed by atoms with E-state index >= 15 is 0 Å². The van der Waals surface area contributed by atoms with Crippen LogP contribution < -0.4 is 9.47 Å². The third-order valence-electron chi connectivity index (χ3n) is 7.37. The van der Waals surface area contributed by atoms with E-state index in [1.54, 1.807) is 14.2 Å². The van der Waals surface area contributed by atoms with Gasteiger partial charge in [-0.25, -0.2) is 4.57 Å². The molecule has 2 aliphatic carbocycles. The third-order valence-corrected chi connectivity index (χ3v) is 8.72. The summed E-state index contributed by atoms with van der Waals surface area (Å²) < 4.78 is 40.9. The summed E-state index contributed by atoms with van der Waals surface area (Å²) >= 11 is 0. The summed E-state index contributed by atoms with van der Waals surface area (Å²) in [6.45, 7) is 1.93.